The van der Waals surface area contributed by atoms with E-state index in [9.17, 15) is 14.7 Å². The van der Waals surface area contributed by atoms with Crippen molar-refractivity contribution >= 4 is 11.9 Å². The second-order valence-corrected chi connectivity index (χ2v) is 13.5. The van der Waals surface area contributed by atoms with Gasteiger partial charge in [0.2, 0.25) is 5.91 Å². The summed E-state index contributed by atoms with van der Waals surface area (Å²) in [4.78, 5) is 25.5. The van der Waals surface area contributed by atoms with Gasteiger partial charge in [-0.1, -0.05) is 127 Å². The van der Waals surface area contributed by atoms with Crippen LogP contribution in [0.15, 0.2) is 48.5 Å². The molecule has 8 nitrogen and oxygen atoms in total. The van der Waals surface area contributed by atoms with E-state index in [0.717, 1.165) is 48.3 Å². The predicted octanol–water partition coefficient (Wildman–Crippen LogP) is 8.62. The van der Waals surface area contributed by atoms with Crippen LogP contribution in [-0.4, -0.2) is 52.7 Å². The smallest absolute Gasteiger partial charge is 0.303 e. The van der Waals surface area contributed by atoms with Gasteiger partial charge in [-0.3, -0.25) is 9.59 Å². The fourth-order valence-electron chi connectivity index (χ4n) is 6.33. The zero-order chi connectivity index (χ0) is 34.4. The molecule has 3 N–H and O–H groups in total. The maximum Gasteiger partial charge on any atom is 0.303 e. The molecule has 3 atom stereocenters. The molecular formula is C40H62N2O6. The van der Waals surface area contributed by atoms with Gasteiger partial charge in [0.25, 0.3) is 0 Å². The zero-order valence-corrected chi connectivity index (χ0v) is 29.7. The van der Waals surface area contributed by atoms with E-state index in [1.165, 1.54) is 77.0 Å². The Morgan fingerprint density at radius 2 is 1.29 bits per heavy atom. The van der Waals surface area contributed by atoms with Crippen LogP contribution in [0, 0.1) is 0 Å². The third-order valence-electron chi connectivity index (χ3n) is 9.27. The van der Waals surface area contributed by atoms with Gasteiger partial charge in [0.1, 0.15) is 0 Å². The maximum absolute atomic E-state index is 12.1. The first-order valence-corrected chi connectivity index (χ1v) is 18.7. The number of hydrogen-bond donors (Lipinski definition) is 3. The van der Waals surface area contributed by atoms with Crippen LogP contribution in [0.4, 0.5) is 0 Å². The number of amides is 1. The number of carbonyl (C=O) groups is 2. The monoisotopic (exact) mass is 666 g/mol. The highest BCUT2D eigenvalue weighted by Crippen LogP contribution is 2.38. The largest absolute Gasteiger partial charge is 0.481 e. The number of unbranched alkanes of at least 4 members (excludes halogenated alkanes) is 10. The van der Waals surface area contributed by atoms with Crippen molar-refractivity contribution in [1.82, 2.24) is 10.2 Å². The van der Waals surface area contributed by atoms with Crippen LogP contribution in [0.2, 0.25) is 0 Å². The van der Waals surface area contributed by atoms with Crippen molar-refractivity contribution in [3.8, 4) is 0 Å². The Labute approximate surface area is 289 Å². The molecule has 1 fully saturated rings. The van der Waals surface area contributed by atoms with Gasteiger partial charge in [0, 0.05) is 37.9 Å². The van der Waals surface area contributed by atoms with Gasteiger partial charge in [0.15, 0.2) is 6.29 Å². The first-order chi connectivity index (χ1) is 23.4. The fourth-order valence-corrected chi connectivity index (χ4v) is 6.33. The second-order valence-electron chi connectivity index (χ2n) is 13.5. The number of benzene rings is 2. The number of carbonyl (C=O) groups excluding carboxylic acids is 1. The minimum Gasteiger partial charge on any atom is -0.481 e. The van der Waals surface area contributed by atoms with Crippen molar-refractivity contribution in [1.29, 1.82) is 0 Å². The third kappa shape index (κ3) is 15.6. The number of rotatable bonds is 25. The Bertz CT molecular complexity index is 1140. The Morgan fingerprint density at radius 1 is 0.729 bits per heavy atom. The summed E-state index contributed by atoms with van der Waals surface area (Å²) in [5.41, 5.74) is 3.86. The number of aliphatic hydroxyl groups excluding tert-OH is 1. The van der Waals surface area contributed by atoms with Crippen LogP contribution in [0.25, 0.3) is 0 Å². The third-order valence-corrected chi connectivity index (χ3v) is 9.27. The summed E-state index contributed by atoms with van der Waals surface area (Å²) in [5.74, 6) is -1.04. The topological polar surface area (TPSA) is 108 Å². The summed E-state index contributed by atoms with van der Waals surface area (Å²) in [7, 11) is 0. The van der Waals surface area contributed by atoms with Gasteiger partial charge in [-0.15, -0.1) is 0 Å². The normalized spacial score (nSPS) is 17.9. The van der Waals surface area contributed by atoms with Gasteiger partial charge in [-0.05, 0) is 49.0 Å². The van der Waals surface area contributed by atoms with Crippen molar-refractivity contribution in [2.45, 2.75) is 148 Å². The number of carboxylic acid groups (broad SMARTS) is 1. The molecule has 1 aliphatic heterocycles. The molecular weight excluding hydrogens is 604 g/mol. The van der Waals surface area contributed by atoms with Crippen LogP contribution >= 0.6 is 0 Å². The summed E-state index contributed by atoms with van der Waals surface area (Å²) < 4.78 is 13.3. The molecule has 2 aromatic carbocycles. The molecule has 268 valence electrons. The molecule has 1 aliphatic rings. The summed E-state index contributed by atoms with van der Waals surface area (Å²) in [6, 6.07) is 16.0. The lowest BCUT2D eigenvalue weighted by atomic mass is 9.99. The van der Waals surface area contributed by atoms with E-state index >= 15 is 0 Å². The lowest BCUT2D eigenvalue weighted by Crippen LogP contribution is -2.40. The van der Waals surface area contributed by atoms with Crippen molar-refractivity contribution < 1.29 is 29.3 Å². The number of aliphatic carboxylic acids is 1. The van der Waals surface area contributed by atoms with Gasteiger partial charge in [0.05, 0.1) is 18.8 Å². The number of hydrogen-bond acceptors (Lipinski definition) is 6. The van der Waals surface area contributed by atoms with Crippen molar-refractivity contribution in [3.05, 3.63) is 70.8 Å². The summed E-state index contributed by atoms with van der Waals surface area (Å²) in [6.45, 7) is 8.00. The van der Waals surface area contributed by atoms with Crippen LogP contribution in [0.3, 0.4) is 0 Å². The van der Waals surface area contributed by atoms with Crippen LogP contribution in [0.1, 0.15) is 151 Å². The molecule has 3 unspecified atom stereocenters. The number of aliphatic hydroxyl groups is 1. The molecule has 8 heteroatoms. The van der Waals surface area contributed by atoms with E-state index in [2.05, 4.69) is 36.2 Å². The molecule has 0 bridgehead atoms. The number of nitrogens with one attached hydrogen (secondary N) is 1. The first-order valence-electron chi connectivity index (χ1n) is 18.7. The molecule has 1 heterocycles. The quantitative estimate of drug-likeness (QED) is 0.0911. The van der Waals surface area contributed by atoms with E-state index < -0.39 is 12.3 Å². The van der Waals surface area contributed by atoms with Crippen molar-refractivity contribution in [2.75, 3.05) is 19.6 Å². The average molecular weight is 667 g/mol. The summed E-state index contributed by atoms with van der Waals surface area (Å²) in [6.07, 6.45) is 16.1. The van der Waals surface area contributed by atoms with Gasteiger partial charge >= 0.3 is 5.97 Å². The van der Waals surface area contributed by atoms with Crippen LogP contribution < -0.4 is 5.32 Å². The van der Waals surface area contributed by atoms with E-state index in [4.69, 9.17) is 14.6 Å². The highest BCUT2D eigenvalue weighted by molar-refractivity contribution is 5.76. The molecule has 0 saturated carbocycles. The molecule has 1 amide bonds. The molecule has 0 aliphatic carbocycles. The first kappa shape index (κ1) is 39.7. The highest BCUT2D eigenvalue weighted by Gasteiger charge is 2.33. The Morgan fingerprint density at radius 3 is 1.88 bits per heavy atom. The predicted molar refractivity (Wildman–Crippen MR) is 191 cm³/mol. The molecule has 0 spiro atoms. The molecule has 48 heavy (non-hydrogen) atoms. The van der Waals surface area contributed by atoms with E-state index in [1.54, 1.807) is 0 Å². The summed E-state index contributed by atoms with van der Waals surface area (Å²) in [5, 5.41) is 21.3. The van der Waals surface area contributed by atoms with E-state index in [-0.39, 0.29) is 37.6 Å². The van der Waals surface area contributed by atoms with E-state index in [1.807, 2.05) is 36.4 Å². The lowest BCUT2D eigenvalue weighted by Gasteiger charge is -2.38. The Kier molecular flexibility index (Phi) is 19.5. The van der Waals surface area contributed by atoms with Gasteiger partial charge in [-0.2, -0.15) is 0 Å². The minimum atomic E-state index is -0.888. The molecule has 0 radical (unpaired) electrons. The van der Waals surface area contributed by atoms with Crippen LogP contribution in [0.5, 0.6) is 0 Å². The number of carboxylic acids is 1. The molecule has 1 saturated heterocycles. The SMILES string of the molecule is CCCCCCCCN(CCCCCCCC)CC1CC(c2ccc(CO)cc2)OC(c2ccc(CNC(=O)CCCC(=O)O)cc2)O1. The average Bonchev–Trinajstić information content (AvgIpc) is 3.10. The second kappa shape index (κ2) is 23.6. The maximum atomic E-state index is 12.1. The van der Waals surface area contributed by atoms with Crippen LogP contribution in [-0.2, 0) is 32.2 Å². The van der Waals surface area contributed by atoms with Crippen molar-refractivity contribution in [2.24, 2.45) is 0 Å². The van der Waals surface area contributed by atoms with E-state index in [0.29, 0.717) is 13.0 Å². The standard InChI is InChI=1S/C40H62N2O6/c1-3-5-7-9-11-13-26-42(27-14-12-10-8-6-4-2)30-36-28-37(34-22-20-33(31-43)21-23-34)48-40(47-36)35-24-18-32(19-25-35)29-41-38(44)16-15-17-39(45)46/h18-25,36-37,40,43H,3-17,26-31H2,1-2H3,(H,41,44)(H,45,46). The Balaban J connectivity index is 1.67. The van der Waals surface area contributed by atoms with Gasteiger partial charge in [-0.25, -0.2) is 0 Å². The molecule has 2 aromatic rings. The summed E-state index contributed by atoms with van der Waals surface area (Å²) >= 11 is 0. The van der Waals surface area contributed by atoms with Crippen molar-refractivity contribution in [3.63, 3.8) is 0 Å². The molecule has 0 aromatic heterocycles. The zero-order valence-electron chi connectivity index (χ0n) is 29.7. The number of ether oxygens (including phenoxy) is 2. The fraction of sp³-hybridized carbons (Fsp3) is 0.650. The Hall–Kier alpha value is -2.78. The lowest BCUT2D eigenvalue weighted by molar-refractivity contribution is -0.253. The highest BCUT2D eigenvalue weighted by atomic mass is 16.7. The van der Waals surface area contributed by atoms with Gasteiger partial charge < -0.3 is 29.9 Å². The minimum absolute atomic E-state index is 0.00702. The molecule has 3 rings (SSSR count). The number of nitrogens with zero attached hydrogens (tertiary/aromatic N) is 1.